The summed E-state index contributed by atoms with van der Waals surface area (Å²) >= 11 is 2.04. The SMILES string of the molecule is CSC1CCC(NC2CCCCC2CN)C1. The number of hydrogen-bond acceptors (Lipinski definition) is 3. The third kappa shape index (κ3) is 3.14. The highest BCUT2D eigenvalue weighted by Gasteiger charge is 2.29. The van der Waals surface area contributed by atoms with Crippen molar-refractivity contribution in [1.82, 2.24) is 5.32 Å². The van der Waals surface area contributed by atoms with Gasteiger partial charge in [0.15, 0.2) is 0 Å². The minimum Gasteiger partial charge on any atom is -0.330 e. The van der Waals surface area contributed by atoms with Crippen LogP contribution in [-0.2, 0) is 0 Å². The van der Waals surface area contributed by atoms with Crippen LogP contribution in [0.15, 0.2) is 0 Å². The lowest BCUT2D eigenvalue weighted by molar-refractivity contribution is 0.248. The molecule has 2 nitrogen and oxygen atoms in total. The zero-order chi connectivity index (χ0) is 11.4. The summed E-state index contributed by atoms with van der Waals surface area (Å²) < 4.78 is 0. The van der Waals surface area contributed by atoms with Crippen molar-refractivity contribution in [2.45, 2.75) is 62.3 Å². The number of hydrogen-bond donors (Lipinski definition) is 2. The molecule has 0 heterocycles. The lowest BCUT2D eigenvalue weighted by atomic mass is 9.84. The Morgan fingerprint density at radius 2 is 2.00 bits per heavy atom. The Morgan fingerprint density at radius 3 is 2.69 bits per heavy atom. The van der Waals surface area contributed by atoms with Crippen LogP contribution in [0.3, 0.4) is 0 Å². The van der Waals surface area contributed by atoms with Crippen molar-refractivity contribution >= 4 is 11.8 Å². The van der Waals surface area contributed by atoms with Gasteiger partial charge in [-0.1, -0.05) is 12.8 Å². The molecule has 2 rings (SSSR count). The van der Waals surface area contributed by atoms with Crippen LogP contribution in [-0.4, -0.2) is 30.1 Å². The molecule has 3 N–H and O–H groups in total. The van der Waals surface area contributed by atoms with E-state index in [1.807, 2.05) is 11.8 Å². The highest BCUT2D eigenvalue weighted by atomic mass is 32.2. The van der Waals surface area contributed by atoms with E-state index < -0.39 is 0 Å². The van der Waals surface area contributed by atoms with E-state index in [2.05, 4.69) is 11.6 Å². The van der Waals surface area contributed by atoms with Gasteiger partial charge in [0, 0.05) is 17.3 Å². The van der Waals surface area contributed by atoms with Gasteiger partial charge >= 0.3 is 0 Å². The molecule has 0 radical (unpaired) electrons. The minimum absolute atomic E-state index is 0.712. The van der Waals surface area contributed by atoms with Crippen LogP contribution >= 0.6 is 11.8 Å². The lowest BCUT2D eigenvalue weighted by Gasteiger charge is -2.33. The molecule has 0 bridgehead atoms. The predicted octanol–water partition coefficient (Wildman–Crippen LogP) is 2.38. The molecule has 0 aromatic carbocycles. The zero-order valence-electron chi connectivity index (χ0n) is 10.5. The Kier molecular flexibility index (Phi) is 4.98. The topological polar surface area (TPSA) is 38.0 Å². The van der Waals surface area contributed by atoms with E-state index >= 15 is 0 Å². The minimum atomic E-state index is 0.712. The largest absolute Gasteiger partial charge is 0.330 e. The number of thioether (sulfide) groups is 1. The van der Waals surface area contributed by atoms with Crippen molar-refractivity contribution in [3.8, 4) is 0 Å². The molecular weight excluding hydrogens is 216 g/mol. The summed E-state index contributed by atoms with van der Waals surface area (Å²) in [7, 11) is 0. The van der Waals surface area contributed by atoms with Crippen LogP contribution in [0.25, 0.3) is 0 Å². The fourth-order valence-electron chi connectivity index (χ4n) is 3.32. The summed E-state index contributed by atoms with van der Waals surface area (Å²) in [5.41, 5.74) is 5.88. The summed E-state index contributed by atoms with van der Waals surface area (Å²) in [4.78, 5) is 0. The van der Waals surface area contributed by atoms with E-state index in [9.17, 15) is 0 Å². The third-order valence-electron chi connectivity index (χ3n) is 4.38. The van der Waals surface area contributed by atoms with Gasteiger partial charge in [-0.2, -0.15) is 11.8 Å². The second-order valence-electron chi connectivity index (χ2n) is 5.42. The quantitative estimate of drug-likeness (QED) is 0.795. The highest BCUT2D eigenvalue weighted by molar-refractivity contribution is 7.99. The molecule has 2 saturated carbocycles. The van der Waals surface area contributed by atoms with Gasteiger partial charge in [0.05, 0.1) is 0 Å². The second kappa shape index (κ2) is 6.27. The van der Waals surface area contributed by atoms with Gasteiger partial charge < -0.3 is 11.1 Å². The third-order valence-corrected chi connectivity index (χ3v) is 5.47. The normalized spacial score (nSPS) is 40.1. The maximum absolute atomic E-state index is 5.88. The first-order chi connectivity index (χ1) is 7.83. The zero-order valence-corrected chi connectivity index (χ0v) is 11.3. The van der Waals surface area contributed by atoms with Crippen molar-refractivity contribution in [2.24, 2.45) is 11.7 Å². The Bertz CT molecular complexity index is 210. The van der Waals surface area contributed by atoms with Gasteiger partial charge in [-0.25, -0.2) is 0 Å². The molecule has 0 aromatic heterocycles. The van der Waals surface area contributed by atoms with E-state index in [1.165, 1.54) is 44.9 Å². The summed E-state index contributed by atoms with van der Waals surface area (Å²) in [6.45, 7) is 0.871. The molecule has 3 heteroatoms. The van der Waals surface area contributed by atoms with E-state index in [1.54, 1.807) is 0 Å². The Balaban J connectivity index is 1.79. The van der Waals surface area contributed by atoms with Crippen molar-refractivity contribution in [3.63, 3.8) is 0 Å². The van der Waals surface area contributed by atoms with Crippen molar-refractivity contribution in [3.05, 3.63) is 0 Å². The highest BCUT2D eigenvalue weighted by Crippen LogP contribution is 2.31. The molecule has 0 amide bonds. The summed E-state index contributed by atoms with van der Waals surface area (Å²) in [6, 6.07) is 1.49. The van der Waals surface area contributed by atoms with E-state index in [4.69, 9.17) is 5.73 Å². The molecule has 94 valence electrons. The van der Waals surface area contributed by atoms with E-state index in [0.29, 0.717) is 6.04 Å². The fraction of sp³-hybridized carbons (Fsp3) is 1.00. The van der Waals surface area contributed by atoms with Crippen LogP contribution in [0.5, 0.6) is 0 Å². The van der Waals surface area contributed by atoms with Crippen LogP contribution in [0.4, 0.5) is 0 Å². The number of rotatable bonds is 4. The molecule has 16 heavy (non-hydrogen) atoms. The first-order valence-corrected chi connectivity index (χ1v) is 8.11. The van der Waals surface area contributed by atoms with Crippen molar-refractivity contribution < 1.29 is 0 Å². The summed E-state index contributed by atoms with van der Waals surface area (Å²) in [5, 5.41) is 4.79. The van der Waals surface area contributed by atoms with Gasteiger partial charge in [0.1, 0.15) is 0 Å². The van der Waals surface area contributed by atoms with Gasteiger partial charge in [-0.3, -0.25) is 0 Å². The molecule has 0 aromatic rings. The summed E-state index contributed by atoms with van der Waals surface area (Å²) in [5.74, 6) is 0.738. The Hall–Kier alpha value is 0.270. The van der Waals surface area contributed by atoms with Crippen molar-refractivity contribution in [1.29, 1.82) is 0 Å². The van der Waals surface area contributed by atoms with Gasteiger partial charge in [0.2, 0.25) is 0 Å². The number of nitrogens with two attached hydrogens (primary N) is 1. The van der Waals surface area contributed by atoms with Crippen LogP contribution < -0.4 is 11.1 Å². The Labute approximate surface area is 104 Å². The van der Waals surface area contributed by atoms with Gasteiger partial charge in [0.25, 0.3) is 0 Å². The molecule has 2 aliphatic carbocycles. The van der Waals surface area contributed by atoms with E-state index in [-0.39, 0.29) is 0 Å². The average Bonchev–Trinajstić information content (AvgIpc) is 2.77. The molecule has 4 unspecified atom stereocenters. The maximum atomic E-state index is 5.88. The molecule has 0 saturated heterocycles. The maximum Gasteiger partial charge on any atom is 0.0110 e. The molecule has 2 aliphatic rings. The van der Waals surface area contributed by atoms with Crippen LogP contribution in [0, 0.1) is 5.92 Å². The smallest absolute Gasteiger partial charge is 0.0110 e. The average molecular weight is 242 g/mol. The molecular formula is C13H26N2S. The second-order valence-corrected chi connectivity index (χ2v) is 6.56. The van der Waals surface area contributed by atoms with E-state index in [0.717, 1.165) is 23.8 Å². The van der Waals surface area contributed by atoms with Gasteiger partial charge in [-0.15, -0.1) is 0 Å². The first-order valence-electron chi connectivity index (χ1n) is 6.82. The molecule has 0 aliphatic heterocycles. The monoisotopic (exact) mass is 242 g/mol. The van der Waals surface area contributed by atoms with Crippen LogP contribution in [0.1, 0.15) is 44.9 Å². The molecule has 0 spiro atoms. The first kappa shape index (κ1) is 12.7. The molecule has 4 atom stereocenters. The van der Waals surface area contributed by atoms with Crippen molar-refractivity contribution in [2.75, 3.05) is 12.8 Å². The fourth-order valence-corrected chi connectivity index (χ4v) is 4.11. The number of nitrogens with one attached hydrogen (secondary N) is 1. The Morgan fingerprint density at radius 1 is 1.19 bits per heavy atom. The van der Waals surface area contributed by atoms with Crippen LogP contribution in [0.2, 0.25) is 0 Å². The summed E-state index contributed by atoms with van der Waals surface area (Å²) in [6.07, 6.45) is 11.9. The standard InChI is InChI=1S/C13H26N2S/c1-16-12-7-6-11(8-12)15-13-5-3-2-4-10(13)9-14/h10-13,15H,2-9,14H2,1H3. The predicted molar refractivity (Wildman–Crippen MR) is 72.9 cm³/mol. The lowest BCUT2D eigenvalue weighted by Crippen LogP contribution is -2.45. The van der Waals surface area contributed by atoms with Gasteiger partial charge in [-0.05, 0) is 50.8 Å². The molecule has 2 fully saturated rings.